The van der Waals surface area contributed by atoms with Crippen LogP contribution in [0.3, 0.4) is 0 Å². The SMILES string of the molecule is CCNC(=O)Nc1ccc([C@@H]2NC(=O)N(CC)C(C)=C2C(=O)OCCOC)cc1. The summed E-state index contributed by atoms with van der Waals surface area (Å²) in [5, 5.41) is 8.23. The van der Waals surface area contributed by atoms with Gasteiger partial charge in [0.1, 0.15) is 6.61 Å². The second kappa shape index (κ2) is 10.5. The van der Waals surface area contributed by atoms with Gasteiger partial charge in [-0.1, -0.05) is 12.1 Å². The Bertz CT molecular complexity index is 776. The Morgan fingerprint density at radius 2 is 1.86 bits per heavy atom. The number of methoxy groups -OCH3 is 1. The molecule has 4 amide bonds. The van der Waals surface area contributed by atoms with Crippen molar-refractivity contribution in [3.8, 4) is 0 Å². The van der Waals surface area contributed by atoms with Gasteiger partial charge in [0.2, 0.25) is 0 Å². The molecule has 0 aromatic heterocycles. The summed E-state index contributed by atoms with van der Waals surface area (Å²) in [6, 6.07) is 5.70. The van der Waals surface area contributed by atoms with E-state index in [2.05, 4.69) is 16.0 Å². The van der Waals surface area contributed by atoms with Gasteiger partial charge in [-0.05, 0) is 38.5 Å². The van der Waals surface area contributed by atoms with Gasteiger partial charge in [0.25, 0.3) is 0 Å². The molecular formula is C20H28N4O5. The summed E-state index contributed by atoms with van der Waals surface area (Å²) in [5.74, 6) is -0.507. The van der Waals surface area contributed by atoms with Crippen LogP contribution in [0.4, 0.5) is 15.3 Å². The second-order valence-electron chi connectivity index (χ2n) is 6.36. The number of esters is 1. The second-order valence-corrected chi connectivity index (χ2v) is 6.36. The van der Waals surface area contributed by atoms with Crippen LogP contribution in [0.5, 0.6) is 0 Å². The van der Waals surface area contributed by atoms with Gasteiger partial charge >= 0.3 is 18.0 Å². The fourth-order valence-corrected chi connectivity index (χ4v) is 3.07. The third kappa shape index (κ3) is 5.47. The zero-order valence-electron chi connectivity index (χ0n) is 17.2. The summed E-state index contributed by atoms with van der Waals surface area (Å²) in [7, 11) is 1.52. The largest absolute Gasteiger partial charge is 0.460 e. The van der Waals surface area contributed by atoms with Gasteiger partial charge in [-0.25, -0.2) is 14.4 Å². The first-order valence-corrected chi connectivity index (χ1v) is 9.52. The van der Waals surface area contributed by atoms with Gasteiger partial charge in [0, 0.05) is 31.6 Å². The van der Waals surface area contributed by atoms with Gasteiger partial charge in [0.15, 0.2) is 0 Å². The number of ether oxygens (including phenoxy) is 2. The van der Waals surface area contributed by atoms with E-state index in [0.717, 1.165) is 0 Å². The number of rotatable bonds is 8. The van der Waals surface area contributed by atoms with E-state index in [1.807, 2.05) is 13.8 Å². The summed E-state index contributed by atoms with van der Waals surface area (Å²) in [4.78, 5) is 38.4. The standard InChI is InChI=1S/C20H28N4O5/c1-5-21-19(26)22-15-9-7-14(8-10-15)17-16(18(25)29-12-11-28-4)13(3)24(6-2)20(27)23-17/h7-10,17H,5-6,11-12H2,1-4H3,(H,23,27)(H2,21,22,26)/t17-/m0/s1. The van der Waals surface area contributed by atoms with Gasteiger partial charge < -0.3 is 25.4 Å². The molecule has 0 spiro atoms. The first kappa shape index (κ1) is 22.2. The molecule has 2 rings (SSSR count). The fraction of sp³-hybridized carbons (Fsp3) is 0.450. The highest BCUT2D eigenvalue weighted by molar-refractivity contribution is 5.95. The van der Waals surface area contributed by atoms with Crippen molar-refractivity contribution >= 4 is 23.7 Å². The van der Waals surface area contributed by atoms with Crippen LogP contribution < -0.4 is 16.0 Å². The molecule has 0 saturated carbocycles. The van der Waals surface area contributed by atoms with Crippen LogP contribution in [-0.2, 0) is 14.3 Å². The third-order valence-electron chi connectivity index (χ3n) is 4.49. The van der Waals surface area contributed by atoms with Crippen molar-refractivity contribution in [1.82, 2.24) is 15.5 Å². The lowest BCUT2D eigenvalue weighted by Gasteiger charge is -2.34. The van der Waals surface area contributed by atoms with Gasteiger partial charge in [-0.2, -0.15) is 0 Å². The Morgan fingerprint density at radius 3 is 2.45 bits per heavy atom. The fourth-order valence-electron chi connectivity index (χ4n) is 3.07. The highest BCUT2D eigenvalue weighted by atomic mass is 16.6. The maximum atomic E-state index is 12.7. The van der Waals surface area contributed by atoms with Crippen molar-refractivity contribution in [3.63, 3.8) is 0 Å². The number of nitrogens with zero attached hydrogens (tertiary/aromatic N) is 1. The molecule has 9 heteroatoms. The number of hydrogen-bond donors (Lipinski definition) is 3. The molecule has 158 valence electrons. The molecule has 0 saturated heterocycles. The Labute approximate surface area is 170 Å². The minimum Gasteiger partial charge on any atom is -0.460 e. The number of hydrogen-bond acceptors (Lipinski definition) is 5. The van der Waals surface area contributed by atoms with E-state index in [9.17, 15) is 14.4 Å². The maximum absolute atomic E-state index is 12.7. The number of carbonyl (C=O) groups excluding carboxylic acids is 3. The highest BCUT2D eigenvalue weighted by Crippen LogP contribution is 2.31. The summed E-state index contributed by atoms with van der Waals surface area (Å²) >= 11 is 0. The van der Waals surface area contributed by atoms with Gasteiger partial charge in [-0.3, -0.25) is 4.90 Å². The summed E-state index contributed by atoms with van der Waals surface area (Å²) < 4.78 is 10.2. The minimum atomic E-state index is -0.654. The molecule has 1 heterocycles. The lowest BCUT2D eigenvalue weighted by Crippen LogP contribution is -2.47. The van der Waals surface area contributed by atoms with E-state index < -0.39 is 12.0 Å². The lowest BCUT2D eigenvalue weighted by molar-refractivity contribution is -0.140. The first-order chi connectivity index (χ1) is 13.9. The van der Waals surface area contributed by atoms with E-state index in [4.69, 9.17) is 9.47 Å². The molecule has 1 aromatic carbocycles. The highest BCUT2D eigenvalue weighted by Gasteiger charge is 2.35. The average molecular weight is 404 g/mol. The lowest BCUT2D eigenvalue weighted by atomic mass is 9.94. The molecule has 1 aliphatic rings. The van der Waals surface area contributed by atoms with Crippen LogP contribution in [-0.4, -0.2) is 56.3 Å². The molecule has 29 heavy (non-hydrogen) atoms. The number of urea groups is 2. The Balaban J connectivity index is 2.30. The van der Waals surface area contributed by atoms with Crippen LogP contribution in [0.2, 0.25) is 0 Å². The summed E-state index contributed by atoms with van der Waals surface area (Å²) in [5.41, 5.74) is 2.22. The average Bonchev–Trinajstić information content (AvgIpc) is 2.68. The Kier molecular flexibility index (Phi) is 8.02. The van der Waals surface area contributed by atoms with E-state index in [1.54, 1.807) is 31.2 Å². The quantitative estimate of drug-likeness (QED) is 0.455. The molecule has 0 bridgehead atoms. The molecule has 0 fully saturated rings. The van der Waals surface area contributed by atoms with Crippen LogP contribution in [0.15, 0.2) is 35.5 Å². The Morgan fingerprint density at radius 1 is 1.17 bits per heavy atom. The summed E-state index contributed by atoms with van der Waals surface area (Å²) in [6.45, 7) is 6.74. The van der Waals surface area contributed by atoms with E-state index in [1.165, 1.54) is 12.0 Å². The number of amides is 4. The van der Waals surface area contributed by atoms with Crippen LogP contribution in [0, 0.1) is 0 Å². The van der Waals surface area contributed by atoms with Crippen molar-refractivity contribution in [2.45, 2.75) is 26.8 Å². The normalized spacial score (nSPS) is 16.3. The molecule has 3 N–H and O–H groups in total. The Hall–Kier alpha value is -3.07. The zero-order valence-corrected chi connectivity index (χ0v) is 17.2. The minimum absolute atomic E-state index is 0.119. The predicted octanol–water partition coefficient (Wildman–Crippen LogP) is 2.38. The van der Waals surface area contributed by atoms with Crippen LogP contribution in [0.25, 0.3) is 0 Å². The van der Waals surface area contributed by atoms with Crippen molar-refractivity contribution < 1.29 is 23.9 Å². The number of anilines is 1. The smallest absolute Gasteiger partial charge is 0.338 e. The molecule has 1 aliphatic heterocycles. The predicted molar refractivity (Wildman–Crippen MR) is 108 cm³/mol. The molecule has 1 aromatic rings. The van der Waals surface area contributed by atoms with Crippen LogP contribution in [0.1, 0.15) is 32.4 Å². The zero-order chi connectivity index (χ0) is 21.4. The molecule has 1 atom stereocenters. The van der Waals surface area contributed by atoms with E-state index in [0.29, 0.717) is 35.6 Å². The third-order valence-corrected chi connectivity index (χ3v) is 4.49. The summed E-state index contributed by atoms with van der Waals surface area (Å²) in [6.07, 6.45) is 0. The van der Waals surface area contributed by atoms with Crippen molar-refractivity contribution in [1.29, 1.82) is 0 Å². The number of carbonyl (C=O) groups is 3. The molecule has 0 unspecified atom stereocenters. The van der Waals surface area contributed by atoms with Gasteiger partial charge in [0.05, 0.1) is 18.2 Å². The van der Waals surface area contributed by atoms with Crippen LogP contribution >= 0.6 is 0 Å². The maximum Gasteiger partial charge on any atom is 0.338 e. The van der Waals surface area contributed by atoms with E-state index >= 15 is 0 Å². The van der Waals surface area contributed by atoms with Crippen molar-refractivity contribution in [2.75, 3.05) is 38.7 Å². The molecule has 0 aliphatic carbocycles. The van der Waals surface area contributed by atoms with Crippen molar-refractivity contribution in [3.05, 3.63) is 41.1 Å². The number of benzene rings is 1. The first-order valence-electron chi connectivity index (χ1n) is 9.52. The molecule has 9 nitrogen and oxygen atoms in total. The molecular weight excluding hydrogens is 376 g/mol. The molecule has 0 radical (unpaired) electrons. The van der Waals surface area contributed by atoms with Gasteiger partial charge in [-0.15, -0.1) is 0 Å². The van der Waals surface area contributed by atoms with E-state index in [-0.39, 0.29) is 25.3 Å². The number of allylic oxidation sites excluding steroid dienone is 1. The number of nitrogens with one attached hydrogen (secondary N) is 3. The monoisotopic (exact) mass is 404 g/mol. The topological polar surface area (TPSA) is 109 Å². The van der Waals surface area contributed by atoms with Crippen molar-refractivity contribution in [2.24, 2.45) is 0 Å².